The van der Waals surface area contributed by atoms with Crippen LogP contribution < -0.4 is 5.32 Å². The average molecular weight is 408 g/mol. The maximum absolute atomic E-state index is 12.8. The van der Waals surface area contributed by atoms with Crippen molar-refractivity contribution in [3.63, 3.8) is 0 Å². The molecule has 12 heteroatoms. The Bertz CT molecular complexity index is 884. The monoisotopic (exact) mass is 407 g/mol. The van der Waals surface area contributed by atoms with Crippen LogP contribution in [0, 0.1) is 0 Å². The number of hydrogen-bond donors (Lipinski definition) is 1. The molecule has 0 radical (unpaired) electrons. The van der Waals surface area contributed by atoms with Crippen LogP contribution in [0.25, 0.3) is 0 Å². The molecule has 0 aliphatic carbocycles. The molecule has 1 aromatic carbocycles. The zero-order valence-electron chi connectivity index (χ0n) is 12.8. The van der Waals surface area contributed by atoms with Crippen LogP contribution in [-0.2, 0) is 28.9 Å². The van der Waals surface area contributed by atoms with Gasteiger partial charge in [-0.05, 0) is 18.2 Å². The number of hydrogen-bond acceptors (Lipinski definition) is 4. The Labute approximate surface area is 154 Å². The summed E-state index contributed by atoms with van der Waals surface area (Å²) in [6.45, 7) is -0.518. The number of benzene rings is 1. The first-order valence-electron chi connectivity index (χ1n) is 7.21. The number of halogens is 5. The van der Waals surface area contributed by atoms with Crippen molar-refractivity contribution in [2.45, 2.75) is 19.3 Å². The number of rotatable bonds is 1. The van der Waals surface area contributed by atoms with Crippen molar-refractivity contribution in [3.8, 4) is 0 Å². The van der Waals surface area contributed by atoms with Crippen LogP contribution in [-0.4, -0.2) is 38.0 Å². The lowest BCUT2D eigenvalue weighted by molar-refractivity contribution is -0.149. The summed E-state index contributed by atoms with van der Waals surface area (Å²) in [6.07, 6.45) is -4.64. The number of fused-ring (bicyclic) bond motifs is 1. The smallest absolute Gasteiger partial charge is 0.325 e. The Kier molecular flexibility index (Phi) is 4.80. The van der Waals surface area contributed by atoms with E-state index >= 15 is 0 Å². The Morgan fingerprint density at radius 2 is 1.88 bits per heavy atom. The van der Waals surface area contributed by atoms with Crippen LogP contribution in [0.15, 0.2) is 18.2 Å². The van der Waals surface area contributed by atoms with Gasteiger partial charge in [0.25, 0.3) is 0 Å². The van der Waals surface area contributed by atoms with Crippen molar-refractivity contribution in [3.05, 3.63) is 39.9 Å². The minimum Gasteiger partial charge on any atom is -0.325 e. The molecular formula is C14H10Cl2F3N5O2. The normalized spacial score (nSPS) is 14.1. The zero-order valence-corrected chi connectivity index (χ0v) is 14.4. The number of carbonyl (C=O) groups is 2. The van der Waals surface area contributed by atoms with Crippen molar-refractivity contribution in [2.24, 2.45) is 0 Å². The Morgan fingerprint density at radius 3 is 2.54 bits per heavy atom. The quantitative estimate of drug-likeness (QED) is 0.736. The predicted molar refractivity (Wildman–Crippen MR) is 85.5 cm³/mol. The average Bonchev–Trinajstić information content (AvgIpc) is 3.00. The van der Waals surface area contributed by atoms with Gasteiger partial charge in [-0.25, -0.2) is 0 Å². The van der Waals surface area contributed by atoms with Crippen LogP contribution in [0.1, 0.15) is 11.6 Å². The SMILES string of the molecule is O=C(Nc1ccc(Cl)cc1Cl)C(=O)N1CCn2c(nnc2C(F)(F)F)C1. The summed E-state index contributed by atoms with van der Waals surface area (Å²) >= 11 is 11.7. The Morgan fingerprint density at radius 1 is 1.15 bits per heavy atom. The summed E-state index contributed by atoms with van der Waals surface area (Å²) in [6, 6.07) is 4.30. The van der Waals surface area contributed by atoms with Gasteiger partial charge in [0.1, 0.15) is 0 Å². The van der Waals surface area contributed by atoms with Gasteiger partial charge in [-0.2, -0.15) is 13.2 Å². The van der Waals surface area contributed by atoms with Gasteiger partial charge in [-0.15, -0.1) is 10.2 Å². The van der Waals surface area contributed by atoms with Crippen LogP contribution in [0.2, 0.25) is 10.0 Å². The summed E-state index contributed by atoms with van der Waals surface area (Å²) < 4.78 is 39.3. The number of alkyl halides is 3. The molecule has 138 valence electrons. The third kappa shape index (κ3) is 3.61. The highest BCUT2D eigenvalue weighted by Crippen LogP contribution is 2.29. The summed E-state index contributed by atoms with van der Waals surface area (Å²) in [5.41, 5.74) is 0.189. The van der Waals surface area contributed by atoms with Crippen LogP contribution in [0.4, 0.5) is 18.9 Å². The number of amides is 2. The number of nitrogens with zero attached hydrogens (tertiary/aromatic N) is 4. The molecule has 0 saturated carbocycles. The molecule has 2 aromatic rings. The van der Waals surface area contributed by atoms with Crippen molar-refractivity contribution in [1.82, 2.24) is 19.7 Å². The fourth-order valence-electron chi connectivity index (χ4n) is 2.45. The van der Waals surface area contributed by atoms with Crippen LogP contribution in [0.3, 0.4) is 0 Å². The highest BCUT2D eigenvalue weighted by molar-refractivity contribution is 6.42. The van der Waals surface area contributed by atoms with E-state index in [0.29, 0.717) is 5.02 Å². The van der Waals surface area contributed by atoms with E-state index in [0.717, 1.165) is 9.47 Å². The first kappa shape index (κ1) is 18.5. The van der Waals surface area contributed by atoms with E-state index in [2.05, 4.69) is 15.5 Å². The maximum Gasteiger partial charge on any atom is 0.451 e. The molecule has 0 unspecified atom stereocenters. The fourth-order valence-corrected chi connectivity index (χ4v) is 2.91. The second kappa shape index (κ2) is 6.76. The predicted octanol–water partition coefficient (Wildman–Crippen LogP) is 2.58. The van der Waals surface area contributed by atoms with Gasteiger partial charge in [0.15, 0.2) is 5.82 Å². The Balaban J connectivity index is 1.71. The van der Waals surface area contributed by atoms with Crippen LogP contribution >= 0.6 is 23.2 Å². The minimum absolute atomic E-state index is 0.0470. The maximum atomic E-state index is 12.8. The van der Waals surface area contributed by atoms with Gasteiger partial charge in [0.05, 0.1) is 17.3 Å². The first-order chi connectivity index (χ1) is 12.2. The molecule has 1 aliphatic rings. The van der Waals surface area contributed by atoms with Crippen molar-refractivity contribution >= 4 is 40.7 Å². The molecule has 3 rings (SSSR count). The van der Waals surface area contributed by atoms with Crippen molar-refractivity contribution in [2.75, 3.05) is 11.9 Å². The second-order valence-corrected chi connectivity index (χ2v) is 6.24. The number of aromatic nitrogens is 3. The molecule has 0 fully saturated rings. The van der Waals surface area contributed by atoms with Crippen molar-refractivity contribution < 1.29 is 22.8 Å². The van der Waals surface area contributed by atoms with E-state index in [1.54, 1.807) is 0 Å². The van der Waals surface area contributed by atoms with E-state index in [4.69, 9.17) is 23.2 Å². The zero-order chi connectivity index (χ0) is 19.1. The molecule has 1 aliphatic heterocycles. The van der Waals surface area contributed by atoms with Gasteiger partial charge >= 0.3 is 18.0 Å². The third-order valence-corrected chi connectivity index (χ3v) is 4.22. The Hall–Kier alpha value is -2.33. The van der Waals surface area contributed by atoms with E-state index in [-0.39, 0.29) is 36.2 Å². The molecule has 0 saturated heterocycles. The lowest BCUT2D eigenvalue weighted by Crippen LogP contribution is -2.44. The molecule has 0 bridgehead atoms. The molecule has 7 nitrogen and oxygen atoms in total. The summed E-state index contributed by atoms with van der Waals surface area (Å²) in [4.78, 5) is 25.5. The van der Waals surface area contributed by atoms with Gasteiger partial charge in [0.2, 0.25) is 5.82 Å². The molecule has 1 N–H and O–H groups in total. The van der Waals surface area contributed by atoms with Crippen molar-refractivity contribution in [1.29, 1.82) is 0 Å². The number of carbonyl (C=O) groups excluding carboxylic acids is 2. The first-order valence-corrected chi connectivity index (χ1v) is 7.97. The summed E-state index contributed by atoms with van der Waals surface area (Å²) in [5.74, 6) is -3.07. The van der Waals surface area contributed by atoms with Gasteiger partial charge < -0.3 is 14.8 Å². The molecular weight excluding hydrogens is 398 g/mol. The van der Waals surface area contributed by atoms with Gasteiger partial charge in [0, 0.05) is 18.1 Å². The standard InChI is InChI=1S/C14H10Cl2F3N5O2/c15-7-1-2-9(8(16)5-7)20-11(25)12(26)23-3-4-24-10(6-23)21-22-13(24)14(17,18)19/h1-2,5H,3-4,6H2,(H,20,25). The van der Waals surface area contributed by atoms with Gasteiger partial charge in [-0.1, -0.05) is 23.2 Å². The summed E-state index contributed by atoms with van der Waals surface area (Å²) in [7, 11) is 0. The number of nitrogens with one attached hydrogen (secondary N) is 1. The van der Waals surface area contributed by atoms with Gasteiger partial charge in [-0.3, -0.25) is 9.59 Å². The molecule has 2 heterocycles. The summed E-state index contributed by atoms with van der Waals surface area (Å²) in [5, 5.41) is 9.42. The molecule has 2 amide bonds. The minimum atomic E-state index is -4.64. The molecule has 26 heavy (non-hydrogen) atoms. The number of anilines is 1. The molecule has 1 aromatic heterocycles. The topological polar surface area (TPSA) is 80.1 Å². The highest BCUT2D eigenvalue weighted by Gasteiger charge is 2.40. The van der Waals surface area contributed by atoms with E-state index in [1.807, 2.05) is 0 Å². The second-order valence-electron chi connectivity index (χ2n) is 5.39. The van der Waals surface area contributed by atoms with E-state index in [9.17, 15) is 22.8 Å². The van der Waals surface area contributed by atoms with Crippen LogP contribution in [0.5, 0.6) is 0 Å². The van der Waals surface area contributed by atoms with E-state index < -0.39 is 23.8 Å². The molecule has 0 spiro atoms. The largest absolute Gasteiger partial charge is 0.451 e. The lowest BCUT2D eigenvalue weighted by Gasteiger charge is -2.27. The molecule has 0 atom stereocenters. The van der Waals surface area contributed by atoms with E-state index in [1.165, 1.54) is 18.2 Å². The highest BCUT2D eigenvalue weighted by atomic mass is 35.5. The fraction of sp³-hybridized carbons (Fsp3) is 0.286. The third-order valence-electron chi connectivity index (χ3n) is 3.67. The lowest BCUT2D eigenvalue weighted by atomic mass is 10.3.